The van der Waals surface area contributed by atoms with Crippen molar-refractivity contribution < 1.29 is 4.79 Å². The molecule has 1 amide bonds. The van der Waals surface area contributed by atoms with E-state index >= 15 is 0 Å². The second-order valence-electron chi connectivity index (χ2n) is 7.68. The number of amides is 1. The van der Waals surface area contributed by atoms with Gasteiger partial charge in [-0.05, 0) is 52.4 Å². The molecule has 2 atom stereocenters. The molecule has 22 heavy (non-hydrogen) atoms. The molecule has 0 spiro atoms. The highest BCUT2D eigenvalue weighted by Gasteiger charge is 2.35. The highest BCUT2D eigenvalue weighted by Crippen LogP contribution is 2.35. The smallest absolute Gasteiger partial charge is 0.242 e. The largest absolute Gasteiger partial charge is 0.357 e. The van der Waals surface area contributed by atoms with E-state index in [4.69, 9.17) is 0 Å². The summed E-state index contributed by atoms with van der Waals surface area (Å²) in [4.78, 5) is 18.9. The lowest BCUT2D eigenvalue weighted by Crippen LogP contribution is -2.44. The number of hydrogen-bond acceptors (Lipinski definition) is 2. The molecule has 5 nitrogen and oxygen atoms in total. The van der Waals surface area contributed by atoms with Crippen molar-refractivity contribution in [3.63, 3.8) is 0 Å². The zero-order valence-corrected chi connectivity index (χ0v) is 14.6. The number of rotatable bonds is 3. The summed E-state index contributed by atoms with van der Waals surface area (Å²) in [5.41, 5.74) is -0.201. The molecule has 2 aliphatic rings. The van der Waals surface area contributed by atoms with Gasteiger partial charge < -0.3 is 15.5 Å². The third-order valence-corrected chi connectivity index (χ3v) is 4.50. The SMILES string of the molecule is CCNC(=NCC(=O)NC(C)(C)C)N1CC2CCCCC2C1. The van der Waals surface area contributed by atoms with Gasteiger partial charge in [0, 0.05) is 25.2 Å². The molecule has 1 aliphatic carbocycles. The van der Waals surface area contributed by atoms with E-state index in [9.17, 15) is 4.79 Å². The normalized spacial score (nSPS) is 25.8. The van der Waals surface area contributed by atoms with E-state index in [1.165, 1.54) is 25.7 Å². The Bertz CT molecular complexity index is 399. The summed E-state index contributed by atoms with van der Waals surface area (Å²) < 4.78 is 0. The van der Waals surface area contributed by atoms with E-state index in [2.05, 4.69) is 27.4 Å². The van der Waals surface area contributed by atoms with Gasteiger partial charge in [0.1, 0.15) is 6.54 Å². The number of fused-ring (bicyclic) bond motifs is 1. The van der Waals surface area contributed by atoms with Crippen molar-refractivity contribution in [2.45, 2.75) is 58.9 Å². The Morgan fingerprint density at radius 3 is 2.27 bits per heavy atom. The average molecular weight is 308 g/mol. The number of aliphatic imine (C=N–C) groups is 1. The Morgan fingerprint density at radius 1 is 1.18 bits per heavy atom. The first kappa shape index (κ1) is 17.1. The van der Waals surface area contributed by atoms with Crippen molar-refractivity contribution in [2.24, 2.45) is 16.8 Å². The Balaban J connectivity index is 1.94. The van der Waals surface area contributed by atoms with Gasteiger partial charge in [-0.15, -0.1) is 0 Å². The van der Waals surface area contributed by atoms with Crippen molar-refractivity contribution in [1.29, 1.82) is 0 Å². The molecular formula is C17H32N4O. The van der Waals surface area contributed by atoms with E-state index in [0.717, 1.165) is 37.4 Å². The average Bonchev–Trinajstić information content (AvgIpc) is 2.85. The second-order valence-corrected chi connectivity index (χ2v) is 7.68. The maximum Gasteiger partial charge on any atom is 0.242 e. The molecule has 1 heterocycles. The fourth-order valence-corrected chi connectivity index (χ4v) is 3.61. The maximum absolute atomic E-state index is 12.0. The third-order valence-electron chi connectivity index (χ3n) is 4.50. The van der Waals surface area contributed by atoms with Gasteiger partial charge in [-0.25, -0.2) is 4.99 Å². The van der Waals surface area contributed by atoms with Crippen molar-refractivity contribution in [1.82, 2.24) is 15.5 Å². The summed E-state index contributed by atoms with van der Waals surface area (Å²) in [7, 11) is 0. The molecule has 0 aromatic carbocycles. The Hall–Kier alpha value is -1.26. The minimum Gasteiger partial charge on any atom is -0.357 e. The van der Waals surface area contributed by atoms with Gasteiger partial charge in [0.25, 0.3) is 0 Å². The first-order valence-corrected chi connectivity index (χ1v) is 8.73. The van der Waals surface area contributed by atoms with Gasteiger partial charge in [-0.3, -0.25) is 4.79 Å². The number of nitrogens with one attached hydrogen (secondary N) is 2. The lowest BCUT2D eigenvalue weighted by atomic mass is 9.82. The fourth-order valence-electron chi connectivity index (χ4n) is 3.61. The topological polar surface area (TPSA) is 56.7 Å². The standard InChI is InChI=1S/C17H32N4O/c1-5-18-16(19-10-15(22)20-17(2,3)4)21-11-13-8-6-7-9-14(13)12-21/h13-14H,5-12H2,1-4H3,(H,18,19)(H,20,22). The van der Waals surface area contributed by atoms with E-state index in [0.29, 0.717) is 0 Å². The molecule has 5 heteroatoms. The lowest BCUT2D eigenvalue weighted by molar-refractivity contribution is -0.121. The fraction of sp³-hybridized carbons (Fsp3) is 0.882. The van der Waals surface area contributed by atoms with Crippen molar-refractivity contribution >= 4 is 11.9 Å². The predicted octanol–water partition coefficient (Wildman–Crippen LogP) is 1.99. The molecule has 126 valence electrons. The number of likely N-dealkylation sites (tertiary alicyclic amines) is 1. The van der Waals surface area contributed by atoms with Crippen LogP contribution in [0.1, 0.15) is 53.4 Å². The van der Waals surface area contributed by atoms with E-state index in [1.54, 1.807) is 0 Å². The quantitative estimate of drug-likeness (QED) is 0.619. The van der Waals surface area contributed by atoms with Crippen LogP contribution in [-0.2, 0) is 4.79 Å². The van der Waals surface area contributed by atoms with Crippen molar-refractivity contribution in [3.8, 4) is 0 Å². The lowest BCUT2D eigenvalue weighted by Gasteiger charge is -2.23. The van der Waals surface area contributed by atoms with E-state index in [-0.39, 0.29) is 18.0 Å². The summed E-state index contributed by atoms with van der Waals surface area (Å²) >= 11 is 0. The Morgan fingerprint density at radius 2 is 1.77 bits per heavy atom. The molecule has 2 rings (SSSR count). The molecule has 1 saturated heterocycles. The zero-order chi connectivity index (χ0) is 16.2. The molecule has 2 unspecified atom stereocenters. The predicted molar refractivity (Wildman–Crippen MR) is 90.9 cm³/mol. The van der Waals surface area contributed by atoms with Crippen LogP contribution in [0.15, 0.2) is 4.99 Å². The van der Waals surface area contributed by atoms with E-state index < -0.39 is 0 Å². The molecule has 0 bridgehead atoms. The highest BCUT2D eigenvalue weighted by atomic mass is 16.2. The molecule has 0 aromatic heterocycles. The number of carbonyl (C=O) groups excluding carboxylic acids is 1. The molecule has 1 aliphatic heterocycles. The monoisotopic (exact) mass is 308 g/mol. The number of carbonyl (C=O) groups is 1. The first-order valence-electron chi connectivity index (χ1n) is 8.73. The van der Waals surface area contributed by atoms with Crippen LogP contribution >= 0.6 is 0 Å². The van der Waals surface area contributed by atoms with Crippen LogP contribution in [-0.4, -0.2) is 48.5 Å². The molecule has 1 saturated carbocycles. The van der Waals surface area contributed by atoms with Gasteiger partial charge in [-0.2, -0.15) is 0 Å². The van der Waals surface area contributed by atoms with Crippen LogP contribution in [0.5, 0.6) is 0 Å². The van der Waals surface area contributed by atoms with Crippen LogP contribution in [0.2, 0.25) is 0 Å². The minimum absolute atomic E-state index is 0.0143. The number of hydrogen-bond donors (Lipinski definition) is 2. The zero-order valence-electron chi connectivity index (χ0n) is 14.6. The Labute approximate surface area is 134 Å². The molecular weight excluding hydrogens is 276 g/mol. The van der Waals surface area contributed by atoms with Crippen LogP contribution in [0, 0.1) is 11.8 Å². The maximum atomic E-state index is 12.0. The summed E-state index contributed by atoms with van der Waals surface area (Å²) in [6.45, 7) is 11.3. The first-order chi connectivity index (χ1) is 10.4. The van der Waals surface area contributed by atoms with Gasteiger partial charge >= 0.3 is 0 Å². The molecule has 2 N–H and O–H groups in total. The molecule has 2 fully saturated rings. The summed E-state index contributed by atoms with van der Waals surface area (Å²) in [6.07, 6.45) is 5.45. The van der Waals surface area contributed by atoms with Crippen LogP contribution in [0.3, 0.4) is 0 Å². The van der Waals surface area contributed by atoms with Crippen LogP contribution in [0.25, 0.3) is 0 Å². The summed E-state index contributed by atoms with van der Waals surface area (Å²) in [6, 6.07) is 0. The summed E-state index contributed by atoms with van der Waals surface area (Å²) in [5, 5.41) is 6.31. The molecule has 0 radical (unpaired) electrons. The van der Waals surface area contributed by atoms with Gasteiger partial charge in [0.15, 0.2) is 5.96 Å². The van der Waals surface area contributed by atoms with Gasteiger partial charge in [-0.1, -0.05) is 12.8 Å². The summed E-state index contributed by atoms with van der Waals surface area (Å²) in [5.74, 6) is 2.53. The Kier molecular flexibility index (Phi) is 5.70. The second kappa shape index (κ2) is 7.34. The van der Waals surface area contributed by atoms with E-state index in [1.807, 2.05) is 20.8 Å². The number of nitrogens with zero attached hydrogens (tertiary/aromatic N) is 2. The third kappa shape index (κ3) is 4.89. The van der Waals surface area contributed by atoms with Crippen LogP contribution in [0.4, 0.5) is 0 Å². The minimum atomic E-state index is -0.201. The van der Waals surface area contributed by atoms with Gasteiger partial charge in [0.2, 0.25) is 5.91 Å². The van der Waals surface area contributed by atoms with Crippen molar-refractivity contribution in [3.05, 3.63) is 0 Å². The van der Waals surface area contributed by atoms with Gasteiger partial charge in [0.05, 0.1) is 0 Å². The number of guanidine groups is 1. The highest BCUT2D eigenvalue weighted by molar-refractivity contribution is 5.85. The molecule has 0 aromatic rings. The van der Waals surface area contributed by atoms with Crippen molar-refractivity contribution in [2.75, 3.05) is 26.2 Å². The van der Waals surface area contributed by atoms with Crippen LogP contribution < -0.4 is 10.6 Å².